The third-order valence-corrected chi connectivity index (χ3v) is 4.49. The van der Waals surface area contributed by atoms with Crippen molar-refractivity contribution in [3.63, 3.8) is 0 Å². The van der Waals surface area contributed by atoms with E-state index in [0.29, 0.717) is 6.54 Å². The normalized spacial score (nSPS) is 11.6. The molecule has 1 aromatic carbocycles. The third kappa shape index (κ3) is 3.70. The molecule has 0 bridgehead atoms. The van der Waals surface area contributed by atoms with Crippen molar-refractivity contribution in [3.05, 3.63) is 33.6 Å². The van der Waals surface area contributed by atoms with Crippen molar-refractivity contribution >= 4 is 43.4 Å². The molecule has 5 heteroatoms. The number of fused-ring (bicyclic) bond motifs is 1. The van der Waals surface area contributed by atoms with E-state index in [1.165, 1.54) is 10.1 Å². The average molecular weight is 342 g/mol. The summed E-state index contributed by atoms with van der Waals surface area (Å²) in [6.07, 6.45) is -0.389. The maximum atomic E-state index is 11.6. The molecule has 0 radical (unpaired) electrons. The lowest BCUT2D eigenvalue weighted by molar-refractivity contribution is 0.0524. The minimum atomic E-state index is -0.470. The van der Waals surface area contributed by atoms with E-state index in [2.05, 4.69) is 32.7 Å². The summed E-state index contributed by atoms with van der Waals surface area (Å²) in [4.78, 5) is 11.6. The number of carbonyl (C=O) groups is 1. The van der Waals surface area contributed by atoms with Crippen molar-refractivity contribution in [2.24, 2.45) is 0 Å². The van der Waals surface area contributed by atoms with Gasteiger partial charge >= 0.3 is 6.09 Å². The summed E-state index contributed by atoms with van der Waals surface area (Å²) in [6, 6.07) is 6.07. The fraction of sp³-hybridized carbons (Fsp3) is 0.357. The van der Waals surface area contributed by atoms with Gasteiger partial charge in [0.25, 0.3) is 0 Å². The first-order valence-electron chi connectivity index (χ1n) is 5.98. The number of benzene rings is 1. The van der Waals surface area contributed by atoms with Crippen LogP contribution in [0, 0.1) is 0 Å². The standard InChI is InChI=1S/C14H16BrNO2S/c1-14(2,3)18-13(17)16-7-9-5-4-6-10-11(15)8-19-12(9)10/h4-6,8H,7H2,1-3H3,(H,16,17). The Morgan fingerprint density at radius 3 is 2.84 bits per heavy atom. The first-order valence-corrected chi connectivity index (χ1v) is 7.65. The van der Waals surface area contributed by atoms with E-state index < -0.39 is 5.60 Å². The van der Waals surface area contributed by atoms with Crippen LogP contribution in [0.2, 0.25) is 0 Å². The zero-order chi connectivity index (χ0) is 14.0. The Hall–Kier alpha value is -1.07. The molecule has 0 aliphatic heterocycles. The molecule has 1 amide bonds. The van der Waals surface area contributed by atoms with Gasteiger partial charge in [-0.2, -0.15) is 0 Å². The number of rotatable bonds is 2. The first kappa shape index (κ1) is 14.3. The van der Waals surface area contributed by atoms with Crippen molar-refractivity contribution in [2.75, 3.05) is 0 Å². The number of halogens is 1. The minimum absolute atomic E-state index is 0.389. The van der Waals surface area contributed by atoms with Crippen molar-refractivity contribution in [1.29, 1.82) is 0 Å². The van der Waals surface area contributed by atoms with Crippen LogP contribution >= 0.6 is 27.3 Å². The Balaban J connectivity index is 2.08. The highest BCUT2D eigenvalue weighted by atomic mass is 79.9. The highest BCUT2D eigenvalue weighted by Gasteiger charge is 2.16. The first-order chi connectivity index (χ1) is 8.87. The number of carbonyl (C=O) groups excluding carboxylic acids is 1. The Kier molecular flexibility index (Phi) is 4.16. The van der Waals surface area contributed by atoms with E-state index in [-0.39, 0.29) is 6.09 Å². The van der Waals surface area contributed by atoms with E-state index in [1.807, 2.05) is 32.9 Å². The highest BCUT2D eigenvalue weighted by molar-refractivity contribution is 9.10. The molecule has 1 aromatic heterocycles. The van der Waals surface area contributed by atoms with Crippen molar-refractivity contribution in [2.45, 2.75) is 32.9 Å². The van der Waals surface area contributed by atoms with Crippen LogP contribution in [0.1, 0.15) is 26.3 Å². The predicted molar refractivity (Wildman–Crippen MR) is 82.6 cm³/mol. The van der Waals surface area contributed by atoms with Gasteiger partial charge in [0.2, 0.25) is 0 Å². The minimum Gasteiger partial charge on any atom is -0.444 e. The molecule has 0 saturated heterocycles. The Labute approximate surface area is 125 Å². The number of ether oxygens (including phenoxy) is 1. The largest absolute Gasteiger partial charge is 0.444 e. The molecule has 3 nitrogen and oxygen atoms in total. The van der Waals surface area contributed by atoms with Gasteiger partial charge < -0.3 is 10.1 Å². The lowest BCUT2D eigenvalue weighted by Gasteiger charge is -2.19. The molecule has 102 valence electrons. The summed E-state index contributed by atoms with van der Waals surface area (Å²) in [6.45, 7) is 6.02. The van der Waals surface area contributed by atoms with Crippen molar-refractivity contribution in [3.8, 4) is 0 Å². The second kappa shape index (κ2) is 5.51. The van der Waals surface area contributed by atoms with Crippen LogP contribution in [-0.4, -0.2) is 11.7 Å². The summed E-state index contributed by atoms with van der Waals surface area (Å²) in [5.41, 5.74) is 0.626. The molecule has 1 heterocycles. The maximum Gasteiger partial charge on any atom is 0.407 e. The van der Waals surface area contributed by atoms with Gasteiger partial charge in [-0.15, -0.1) is 11.3 Å². The van der Waals surface area contributed by atoms with Crippen molar-refractivity contribution < 1.29 is 9.53 Å². The topological polar surface area (TPSA) is 38.3 Å². The van der Waals surface area contributed by atoms with Crippen LogP contribution < -0.4 is 5.32 Å². The number of thiophene rings is 1. The third-order valence-electron chi connectivity index (χ3n) is 2.46. The van der Waals surface area contributed by atoms with Gasteiger partial charge in [0.05, 0.1) is 0 Å². The van der Waals surface area contributed by atoms with Crippen LogP contribution in [0.5, 0.6) is 0 Å². The molecule has 0 saturated carbocycles. The van der Waals surface area contributed by atoms with Crippen LogP contribution in [0.25, 0.3) is 10.1 Å². The van der Waals surface area contributed by atoms with E-state index in [1.54, 1.807) is 11.3 Å². The molecule has 0 spiro atoms. The zero-order valence-electron chi connectivity index (χ0n) is 11.1. The van der Waals surface area contributed by atoms with Crippen LogP contribution in [0.4, 0.5) is 4.79 Å². The van der Waals surface area contributed by atoms with Gasteiger partial charge in [0.1, 0.15) is 5.60 Å². The molecule has 0 aliphatic rings. The average Bonchev–Trinajstić information content (AvgIpc) is 2.67. The molecular weight excluding hydrogens is 326 g/mol. The number of hydrogen-bond acceptors (Lipinski definition) is 3. The van der Waals surface area contributed by atoms with E-state index in [4.69, 9.17) is 4.74 Å². The van der Waals surface area contributed by atoms with E-state index in [9.17, 15) is 4.79 Å². The maximum absolute atomic E-state index is 11.6. The summed E-state index contributed by atoms with van der Waals surface area (Å²) >= 11 is 5.19. The van der Waals surface area contributed by atoms with Gasteiger partial charge in [-0.3, -0.25) is 0 Å². The van der Waals surface area contributed by atoms with E-state index >= 15 is 0 Å². The molecule has 0 fully saturated rings. The molecule has 0 unspecified atom stereocenters. The van der Waals surface area contributed by atoms with Gasteiger partial charge in [-0.05, 0) is 42.3 Å². The zero-order valence-corrected chi connectivity index (χ0v) is 13.5. The van der Waals surface area contributed by atoms with Crippen LogP contribution in [0.15, 0.2) is 28.1 Å². The summed E-state index contributed by atoms with van der Waals surface area (Å²) in [5, 5.41) is 6.02. The molecular formula is C14H16BrNO2S. The lowest BCUT2D eigenvalue weighted by Crippen LogP contribution is -2.32. The molecule has 2 rings (SSSR count). The lowest BCUT2D eigenvalue weighted by atomic mass is 10.1. The number of amides is 1. The van der Waals surface area contributed by atoms with Gasteiger partial charge in [-0.25, -0.2) is 4.79 Å². The molecule has 0 atom stereocenters. The van der Waals surface area contributed by atoms with Crippen LogP contribution in [-0.2, 0) is 11.3 Å². The highest BCUT2D eigenvalue weighted by Crippen LogP contribution is 2.32. The fourth-order valence-electron chi connectivity index (χ4n) is 1.71. The van der Waals surface area contributed by atoms with Crippen molar-refractivity contribution in [1.82, 2.24) is 5.32 Å². The number of alkyl carbamates (subject to hydrolysis) is 1. The fourth-order valence-corrected chi connectivity index (χ4v) is 3.39. The van der Waals surface area contributed by atoms with Gasteiger partial charge in [0, 0.05) is 26.5 Å². The quantitative estimate of drug-likeness (QED) is 0.860. The van der Waals surface area contributed by atoms with Crippen LogP contribution in [0.3, 0.4) is 0 Å². The Bertz CT molecular complexity index is 601. The molecule has 2 aromatic rings. The Morgan fingerprint density at radius 1 is 1.42 bits per heavy atom. The number of hydrogen-bond donors (Lipinski definition) is 1. The smallest absolute Gasteiger partial charge is 0.407 e. The van der Waals surface area contributed by atoms with Gasteiger partial charge in [-0.1, -0.05) is 18.2 Å². The second-order valence-corrected chi connectivity index (χ2v) is 6.97. The predicted octanol–water partition coefficient (Wildman–Crippen LogP) is 4.69. The molecule has 0 aliphatic carbocycles. The molecule has 1 N–H and O–H groups in total. The van der Waals surface area contributed by atoms with E-state index in [0.717, 1.165) is 10.0 Å². The Morgan fingerprint density at radius 2 is 2.16 bits per heavy atom. The monoisotopic (exact) mass is 341 g/mol. The second-order valence-electron chi connectivity index (χ2n) is 5.23. The number of nitrogens with one attached hydrogen (secondary N) is 1. The summed E-state index contributed by atoms with van der Waals surface area (Å²) in [7, 11) is 0. The molecule has 19 heavy (non-hydrogen) atoms. The summed E-state index contributed by atoms with van der Waals surface area (Å²) < 4.78 is 7.50. The SMILES string of the molecule is CC(C)(C)OC(=O)NCc1cccc2c(Br)csc12. The summed E-state index contributed by atoms with van der Waals surface area (Å²) in [5.74, 6) is 0. The van der Waals surface area contributed by atoms with Gasteiger partial charge in [0.15, 0.2) is 0 Å².